The summed E-state index contributed by atoms with van der Waals surface area (Å²) >= 11 is 3.36. The summed E-state index contributed by atoms with van der Waals surface area (Å²) in [6.45, 7) is 0.186. The number of hydrogen-bond acceptors (Lipinski definition) is 3. The third-order valence-electron chi connectivity index (χ3n) is 3.35. The molecule has 2 rings (SSSR count). The van der Waals surface area contributed by atoms with Gasteiger partial charge in [-0.2, -0.15) is 5.26 Å². The van der Waals surface area contributed by atoms with Gasteiger partial charge >= 0.3 is 0 Å². The van der Waals surface area contributed by atoms with Crippen LogP contribution < -0.4 is 10.6 Å². The molecular formula is C14H16BrN3O. The predicted molar refractivity (Wildman–Crippen MR) is 77.6 cm³/mol. The maximum atomic E-state index is 11.9. The van der Waals surface area contributed by atoms with Crippen LogP contribution in [0.2, 0.25) is 0 Å². The molecule has 0 aliphatic heterocycles. The van der Waals surface area contributed by atoms with E-state index in [4.69, 9.17) is 0 Å². The van der Waals surface area contributed by atoms with E-state index in [1.165, 1.54) is 0 Å². The molecule has 0 aromatic heterocycles. The van der Waals surface area contributed by atoms with Crippen LogP contribution in [0.5, 0.6) is 0 Å². The number of carbonyl (C=O) groups excluding carboxylic acids is 1. The van der Waals surface area contributed by atoms with Gasteiger partial charge in [-0.05, 0) is 49.9 Å². The van der Waals surface area contributed by atoms with Crippen LogP contribution in [0.25, 0.3) is 0 Å². The van der Waals surface area contributed by atoms with Crippen LogP contribution in [0.4, 0.5) is 5.69 Å². The van der Waals surface area contributed by atoms with E-state index in [9.17, 15) is 10.1 Å². The lowest BCUT2D eigenvalue weighted by molar-refractivity contribution is -0.120. The largest absolute Gasteiger partial charge is 0.376 e. The maximum absolute atomic E-state index is 11.9. The minimum absolute atomic E-state index is 0.133. The first-order chi connectivity index (χ1) is 9.13. The van der Waals surface area contributed by atoms with E-state index in [2.05, 4.69) is 32.6 Å². The molecule has 19 heavy (non-hydrogen) atoms. The van der Waals surface area contributed by atoms with E-state index >= 15 is 0 Å². The maximum Gasteiger partial charge on any atom is 0.240 e. The van der Waals surface area contributed by atoms with Crippen LogP contribution in [0.15, 0.2) is 28.7 Å². The van der Waals surface area contributed by atoms with E-state index in [0.717, 1.165) is 35.8 Å². The van der Waals surface area contributed by atoms with Gasteiger partial charge in [0.2, 0.25) is 5.91 Å². The first-order valence-corrected chi connectivity index (χ1v) is 7.15. The van der Waals surface area contributed by atoms with Crippen LogP contribution in [0.1, 0.15) is 25.7 Å². The third-order valence-corrected chi connectivity index (χ3v) is 3.88. The van der Waals surface area contributed by atoms with Crippen LogP contribution in [-0.4, -0.2) is 18.0 Å². The monoisotopic (exact) mass is 321 g/mol. The van der Waals surface area contributed by atoms with E-state index in [1.54, 1.807) is 0 Å². The number of hydrogen-bond donors (Lipinski definition) is 2. The summed E-state index contributed by atoms with van der Waals surface area (Å²) in [5.74, 6) is -0.133. The van der Waals surface area contributed by atoms with Crippen LogP contribution >= 0.6 is 15.9 Å². The molecule has 5 heteroatoms. The van der Waals surface area contributed by atoms with Crippen molar-refractivity contribution < 1.29 is 4.79 Å². The molecule has 1 aromatic carbocycles. The Balaban J connectivity index is 1.85. The number of amides is 1. The molecule has 100 valence electrons. The Kier molecular flexibility index (Phi) is 4.43. The number of halogens is 1. The third kappa shape index (κ3) is 3.71. The van der Waals surface area contributed by atoms with Gasteiger partial charge in [0.15, 0.2) is 0 Å². The summed E-state index contributed by atoms with van der Waals surface area (Å²) in [6.07, 6.45) is 3.53. The Labute approximate surface area is 121 Å². The van der Waals surface area contributed by atoms with Crippen molar-refractivity contribution >= 4 is 27.5 Å². The SMILES string of the molecule is N#CC1(NC(=O)CNc2ccc(Br)cc2)CCCC1. The average molecular weight is 322 g/mol. The number of nitriles is 1. The lowest BCUT2D eigenvalue weighted by Gasteiger charge is -2.22. The summed E-state index contributed by atoms with van der Waals surface area (Å²) in [7, 11) is 0. The Morgan fingerprint density at radius 3 is 2.53 bits per heavy atom. The van der Waals surface area contributed by atoms with Gasteiger partial charge in [-0.3, -0.25) is 4.79 Å². The number of nitrogens with one attached hydrogen (secondary N) is 2. The smallest absolute Gasteiger partial charge is 0.240 e. The molecule has 2 N–H and O–H groups in total. The van der Waals surface area contributed by atoms with E-state index in [-0.39, 0.29) is 12.5 Å². The highest BCUT2D eigenvalue weighted by atomic mass is 79.9. The lowest BCUT2D eigenvalue weighted by Crippen LogP contribution is -2.47. The van der Waals surface area contributed by atoms with Crippen molar-refractivity contribution in [1.29, 1.82) is 5.26 Å². The van der Waals surface area contributed by atoms with Gasteiger partial charge in [0.25, 0.3) is 0 Å². The second-order valence-corrected chi connectivity index (χ2v) is 5.73. The van der Waals surface area contributed by atoms with E-state index < -0.39 is 5.54 Å². The van der Waals surface area contributed by atoms with Gasteiger partial charge in [0.05, 0.1) is 12.6 Å². The fourth-order valence-corrected chi connectivity index (χ4v) is 2.57. The Morgan fingerprint density at radius 1 is 1.32 bits per heavy atom. The number of nitrogens with zero attached hydrogens (tertiary/aromatic N) is 1. The highest BCUT2D eigenvalue weighted by Gasteiger charge is 2.35. The minimum atomic E-state index is -0.640. The molecule has 0 heterocycles. The van der Waals surface area contributed by atoms with Gasteiger partial charge in [-0.25, -0.2) is 0 Å². The molecule has 1 aliphatic rings. The van der Waals surface area contributed by atoms with Crippen LogP contribution in [0, 0.1) is 11.3 Å². The number of anilines is 1. The predicted octanol–water partition coefficient (Wildman–Crippen LogP) is 2.81. The quantitative estimate of drug-likeness (QED) is 0.896. The molecule has 0 unspecified atom stereocenters. The molecule has 0 saturated heterocycles. The van der Waals surface area contributed by atoms with Crippen molar-refractivity contribution in [2.75, 3.05) is 11.9 Å². The Morgan fingerprint density at radius 2 is 1.95 bits per heavy atom. The van der Waals surface area contributed by atoms with Gasteiger partial charge < -0.3 is 10.6 Å². The lowest BCUT2D eigenvalue weighted by atomic mass is 10.00. The normalized spacial score (nSPS) is 16.6. The van der Waals surface area contributed by atoms with Gasteiger partial charge in [-0.15, -0.1) is 0 Å². The molecule has 0 radical (unpaired) electrons. The fourth-order valence-electron chi connectivity index (χ4n) is 2.30. The van der Waals surface area contributed by atoms with Gasteiger partial charge in [0, 0.05) is 10.2 Å². The first-order valence-electron chi connectivity index (χ1n) is 6.35. The topological polar surface area (TPSA) is 64.9 Å². The zero-order valence-electron chi connectivity index (χ0n) is 10.6. The molecule has 1 saturated carbocycles. The summed E-state index contributed by atoms with van der Waals surface area (Å²) < 4.78 is 0.997. The standard InChI is InChI=1S/C14H16BrN3O/c15-11-3-5-12(6-4-11)17-9-13(19)18-14(10-16)7-1-2-8-14/h3-6,17H,1-2,7-9H2,(H,18,19). The van der Waals surface area contributed by atoms with Gasteiger partial charge in [-0.1, -0.05) is 15.9 Å². The molecule has 1 aliphatic carbocycles. The van der Waals surface area contributed by atoms with Crippen molar-refractivity contribution in [2.24, 2.45) is 0 Å². The molecule has 1 aromatic rings. The number of carbonyl (C=O) groups is 1. The highest BCUT2D eigenvalue weighted by Crippen LogP contribution is 2.28. The van der Waals surface area contributed by atoms with Crippen molar-refractivity contribution in [3.05, 3.63) is 28.7 Å². The molecule has 0 spiro atoms. The second-order valence-electron chi connectivity index (χ2n) is 4.81. The highest BCUT2D eigenvalue weighted by molar-refractivity contribution is 9.10. The van der Waals surface area contributed by atoms with Crippen LogP contribution in [-0.2, 0) is 4.79 Å². The summed E-state index contributed by atoms with van der Waals surface area (Å²) in [6, 6.07) is 9.86. The molecule has 0 atom stereocenters. The molecule has 4 nitrogen and oxygen atoms in total. The Hall–Kier alpha value is -1.54. The first kappa shape index (κ1) is 13.9. The fraction of sp³-hybridized carbons (Fsp3) is 0.429. The van der Waals surface area contributed by atoms with E-state index in [1.807, 2.05) is 24.3 Å². The zero-order valence-corrected chi connectivity index (χ0v) is 12.2. The summed E-state index contributed by atoms with van der Waals surface area (Å²) in [5.41, 5.74) is 0.245. The number of rotatable bonds is 4. The summed E-state index contributed by atoms with van der Waals surface area (Å²) in [5, 5.41) is 15.1. The Bertz CT molecular complexity index is 486. The van der Waals surface area contributed by atoms with Crippen molar-refractivity contribution in [3.63, 3.8) is 0 Å². The number of benzene rings is 1. The van der Waals surface area contributed by atoms with Crippen molar-refractivity contribution in [2.45, 2.75) is 31.2 Å². The van der Waals surface area contributed by atoms with E-state index in [0.29, 0.717) is 0 Å². The molecular weight excluding hydrogens is 306 g/mol. The molecule has 1 amide bonds. The van der Waals surface area contributed by atoms with Crippen LogP contribution in [0.3, 0.4) is 0 Å². The van der Waals surface area contributed by atoms with Crippen molar-refractivity contribution in [1.82, 2.24) is 5.32 Å². The summed E-state index contributed by atoms with van der Waals surface area (Å²) in [4.78, 5) is 11.9. The minimum Gasteiger partial charge on any atom is -0.376 e. The average Bonchev–Trinajstić information content (AvgIpc) is 2.87. The molecule has 0 bridgehead atoms. The second kappa shape index (κ2) is 6.07. The molecule has 1 fully saturated rings. The van der Waals surface area contributed by atoms with Crippen molar-refractivity contribution in [3.8, 4) is 6.07 Å². The zero-order chi connectivity index (χ0) is 13.7. The van der Waals surface area contributed by atoms with Gasteiger partial charge in [0.1, 0.15) is 5.54 Å².